The molecule has 0 atom stereocenters. The van der Waals surface area contributed by atoms with E-state index in [9.17, 15) is 14.9 Å². The largest absolute Gasteiger partial charge is 0.383 e. The van der Waals surface area contributed by atoms with Crippen molar-refractivity contribution in [1.82, 2.24) is 10.6 Å². The van der Waals surface area contributed by atoms with Crippen molar-refractivity contribution in [1.29, 1.82) is 0 Å². The Morgan fingerprint density at radius 2 is 1.83 bits per heavy atom. The molecule has 1 aromatic rings. The van der Waals surface area contributed by atoms with E-state index in [4.69, 9.17) is 4.74 Å². The van der Waals surface area contributed by atoms with Gasteiger partial charge in [-0.3, -0.25) is 10.1 Å². The summed E-state index contributed by atoms with van der Waals surface area (Å²) in [6.45, 7) is 6.11. The van der Waals surface area contributed by atoms with Crippen molar-refractivity contribution >= 4 is 17.4 Å². The quantitative estimate of drug-likeness (QED) is 0.347. The number of anilines is 1. The van der Waals surface area contributed by atoms with Crippen molar-refractivity contribution in [3.63, 3.8) is 0 Å². The first kappa shape index (κ1) is 18.7. The molecule has 128 valence electrons. The second kappa shape index (κ2) is 10.4. The van der Waals surface area contributed by atoms with E-state index in [1.165, 1.54) is 12.1 Å². The first-order valence-corrected chi connectivity index (χ1v) is 7.60. The Balaban J connectivity index is 2.07. The number of nitrogens with zero attached hydrogens (tertiary/aromatic N) is 1. The highest BCUT2D eigenvalue weighted by molar-refractivity contribution is 5.73. The van der Waals surface area contributed by atoms with Gasteiger partial charge in [-0.2, -0.15) is 0 Å². The van der Waals surface area contributed by atoms with Crippen LogP contribution >= 0.6 is 0 Å². The van der Waals surface area contributed by atoms with E-state index < -0.39 is 4.92 Å². The lowest BCUT2D eigenvalue weighted by Gasteiger charge is -2.10. The number of nitro benzene ring substituents is 1. The Kier molecular flexibility index (Phi) is 8.45. The monoisotopic (exact) mass is 324 g/mol. The smallest absolute Gasteiger partial charge is 0.314 e. The molecule has 23 heavy (non-hydrogen) atoms. The average Bonchev–Trinajstić information content (AvgIpc) is 2.51. The molecule has 0 spiro atoms. The van der Waals surface area contributed by atoms with Gasteiger partial charge in [-0.1, -0.05) is 0 Å². The number of amides is 2. The zero-order valence-electron chi connectivity index (χ0n) is 13.5. The van der Waals surface area contributed by atoms with E-state index >= 15 is 0 Å². The van der Waals surface area contributed by atoms with Gasteiger partial charge in [-0.25, -0.2) is 4.79 Å². The Bertz CT molecular complexity index is 491. The van der Waals surface area contributed by atoms with Gasteiger partial charge in [0.25, 0.3) is 5.69 Å². The number of carbonyl (C=O) groups excluding carboxylic acids is 1. The third-order valence-electron chi connectivity index (χ3n) is 2.88. The molecule has 0 heterocycles. The van der Waals surface area contributed by atoms with Gasteiger partial charge >= 0.3 is 6.03 Å². The summed E-state index contributed by atoms with van der Waals surface area (Å²) in [5.74, 6) is 0. The van der Waals surface area contributed by atoms with Gasteiger partial charge in [0.05, 0.1) is 11.0 Å². The van der Waals surface area contributed by atoms with Crippen LogP contribution < -0.4 is 16.0 Å². The number of ether oxygens (including phenoxy) is 1. The minimum absolute atomic E-state index is 0.0505. The van der Waals surface area contributed by atoms with E-state index in [0.29, 0.717) is 26.2 Å². The van der Waals surface area contributed by atoms with Crippen molar-refractivity contribution in [2.45, 2.75) is 26.4 Å². The molecule has 2 amide bonds. The van der Waals surface area contributed by atoms with Crippen LogP contribution in [0.4, 0.5) is 16.2 Å². The Hall–Kier alpha value is -2.35. The zero-order valence-corrected chi connectivity index (χ0v) is 13.5. The summed E-state index contributed by atoms with van der Waals surface area (Å²) in [5.41, 5.74) is 0.818. The maximum absolute atomic E-state index is 11.5. The standard InChI is InChI=1S/C15H24N4O4/c1-12(2)23-11-3-8-17-15(20)18-10-9-16-13-4-6-14(7-5-13)19(21)22/h4-7,12,16H,3,8-11H2,1-2H3,(H2,17,18,20). The normalized spacial score (nSPS) is 10.4. The van der Waals surface area contributed by atoms with Crippen molar-refractivity contribution < 1.29 is 14.5 Å². The molecule has 0 aliphatic rings. The Morgan fingerprint density at radius 1 is 1.17 bits per heavy atom. The molecular formula is C15H24N4O4. The van der Waals surface area contributed by atoms with Gasteiger partial charge in [0.1, 0.15) is 0 Å². The number of nitro groups is 1. The van der Waals surface area contributed by atoms with Crippen LogP contribution in [0.1, 0.15) is 20.3 Å². The van der Waals surface area contributed by atoms with Gasteiger partial charge < -0.3 is 20.7 Å². The predicted molar refractivity (Wildman–Crippen MR) is 88.7 cm³/mol. The Labute approximate surface area is 135 Å². The fourth-order valence-electron chi connectivity index (χ4n) is 1.74. The molecule has 0 unspecified atom stereocenters. The number of benzene rings is 1. The number of rotatable bonds is 10. The zero-order chi connectivity index (χ0) is 17.1. The number of non-ortho nitro benzene ring substituents is 1. The fourth-order valence-corrected chi connectivity index (χ4v) is 1.74. The lowest BCUT2D eigenvalue weighted by atomic mass is 10.3. The topological polar surface area (TPSA) is 106 Å². The first-order valence-electron chi connectivity index (χ1n) is 7.60. The molecule has 1 rings (SSSR count). The molecule has 0 fully saturated rings. The summed E-state index contributed by atoms with van der Waals surface area (Å²) in [5, 5.41) is 19.1. The summed E-state index contributed by atoms with van der Waals surface area (Å²) in [7, 11) is 0. The molecule has 0 saturated heterocycles. The van der Waals surface area contributed by atoms with Crippen LogP contribution in [-0.2, 0) is 4.74 Å². The third-order valence-corrected chi connectivity index (χ3v) is 2.88. The molecule has 0 bridgehead atoms. The number of carbonyl (C=O) groups is 1. The number of urea groups is 1. The highest BCUT2D eigenvalue weighted by Crippen LogP contribution is 2.14. The van der Waals surface area contributed by atoms with E-state index in [2.05, 4.69) is 16.0 Å². The van der Waals surface area contributed by atoms with Gasteiger partial charge in [0.2, 0.25) is 0 Å². The van der Waals surface area contributed by atoms with Crippen LogP contribution in [0.2, 0.25) is 0 Å². The van der Waals surface area contributed by atoms with Crippen LogP contribution in [0.5, 0.6) is 0 Å². The fraction of sp³-hybridized carbons (Fsp3) is 0.533. The molecule has 8 heteroatoms. The molecule has 1 aromatic carbocycles. The van der Waals surface area contributed by atoms with Crippen LogP contribution in [0.15, 0.2) is 24.3 Å². The lowest BCUT2D eigenvalue weighted by molar-refractivity contribution is -0.384. The molecule has 0 radical (unpaired) electrons. The van der Waals surface area contributed by atoms with Gasteiger partial charge in [-0.05, 0) is 32.4 Å². The first-order chi connectivity index (χ1) is 11.0. The SMILES string of the molecule is CC(C)OCCCNC(=O)NCCNc1ccc([N+](=O)[O-])cc1. The van der Waals surface area contributed by atoms with Crippen molar-refractivity contribution in [3.8, 4) is 0 Å². The second-order valence-electron chi connectivity index (χ2n) is 5.19. The van der Waals surface area contributed by atoms with Gasteiger partial charge in [-0.15, -0.1) is 0 Å². The molecule has 0 saturated carbocycles. The molecule has 0 aliphatic heterocycles. The maximum Gasteiger partial charge on any atom is 0.314 e. The summed E-state index contributed by atoms with van der Waals surface area (Å²) in [4.78, 5) is 21.6. The minimum Gasteiger partial charge on any atom is -0.383 e. The van der Waals surface area contributed by atoms with E-state index in [1.807, 2.05) is 13.8 Å². The predicted octanol–water partition coefficient (Wildman–Crippen LogP) is 2.12. The molecule has 0 aromatic heterocycles. The van der Waals surface area contributed by atoms with Crippen molar-refractivity contribution in [3.05, 3.63) is 34.4 Å². The third kappa shape index (κ3) is 8.62. The summed E-state index contributed by atoms with van der Waals surface area (Å²) >= 11 is 0. The summed E-state index contributed by atoms with van der Waals surface area (Å²) in [6, 6.07) is 5.91. The molecular weight excluding hydrogens is 300 g/mol. The van der Waals surface area contributed by atoms with E-state index in [-0.39, 0.29) is 17.8 Å². The minimum atomic E-state index is -0.443. The summed E-state index contributed by atoms with van der Waals surface area (Å²) in [6.07, 6.45) is 0.974. The highest BCUT2D eigenvalue weighted by atomic mass is 16.6. The number of nitrogens with one attached hydrogen (secondary N) is 3. The number of hydrogen-bond acceptors (Lipinski definition) is 5. The highest BCUT2D eigenvalue weighted by Gasteiger charge is 2.03. The summed E-state index contributed by atoms with van der Waals surface area (Å²) < 4.78 is 5.37. The molecule has 8 nitrogen and oxygen atoms in total. The van der Waals surface area contributed by atoms with E-state index in [1.54, 1.807) is 12.1 Å². The maximum atomic E-state index is 11.5. The lowest BCUT2D eigenvalue weighted by Crippen LogP contribution is -2.38. The van der Waals surface area contributed by atoms with Crippen LogP contribution in [0.25, 0.3) is 0 Å². The van der Waals surface area contributed by atoms with Crippen molar-refractivity contribution in [2.75, 3.05) is 31.6 Å². The second-order valence-corrected chi connectivity index (χ2v) is 5.19. The van der Waals surface area contributed by atoms with Gasteiger partial charge in [0.15, 0.2) is 0 Å². The Morgan fingerprint density at radius 3 is 2.43 bits per heavy atom. The van der Waals surface area contributed by atoms with Crippen LogP contribution in [-0.4, -0.2) is 43.3 Å². The molecule has 3 N–H and O–H groups in total. The van der Waals surface area contributed by atoms with E-state index in [0.717, 1.165) is 12.1 Å². The molecule has 0 aliphatic carbocycles. The van der Waals surface area contributed by atoms with Crippen LogP contribution in [0.3, 0.4) is 0 Å². The van der Waals surface area contributed by atoms with Gasteiger partial charge in [0, 0.05) is 44.1 Å². The average molecular weight is 324 g/mol. The van der Waals surface area contributed by atoms with Crippen molar-refractivity contribution in [2.24, 2.45) is 0 Å². The van der Waals surface area contributed by atoms with Crippen LogP contribution in [0, 0.1) is 10.1 Å². The number of hydrogen-bond donors (Lipinski definition) is 3.